The molecule has 0 saturated carbocycles. The molecule has 7 aromatic carbocycles. The van der Waals surface area contributed by atoms with Gasteiger partial charge in [-0.15, -0.1) is 53.6 Å². The van der Waals surface area contributed by atoms with Crippen molar-refractivity contribution in [3.05, 3.63) is 192 Å². The minimum Gasteiger partial charge on any atom is -0.500 e. The maximum atomic E-state index is 7.28. The van der Waals surface area contributed by atoms with E-state index in [2.05, 4.69) is 116 Å². The molecular weight excluding hydrogens is 965 g/mol. The second-order valence-corrected chi connectivity index (χ2v) is 16.3. The van der Waals surface area contributed by atoms with Gasteiger partial charge in [-0.3, -0.25) is 4.98 Å². The summed E-state index contributed by atoms with van der Waals surface area (Å²) < 4.78 is 58.9. The summed E-state index contributed by atoms with van der Waals surface area (Å²) in [6.45, 7) is 4.75. The van der Waals surface area contributed by atoms with Crippen molar-refractivity contribution in [2.45, 2.75) is 53.2 Å². The number of furan rings is 1. The van der Waals surface area contributed by atoms with Gasteiger partial charge >= 0.3 is 0 Å². The molecule has 0 amide bonds. The molecule has 0 fully saturated rings. The van der Waals surface area contributed by atoms with Gasteiger partial charge in [0.25, 0.3) is 0 Å². The number of hydrogen-bond donors (Lipinski definition) is 0. The summed E-state index contributed by atoms with van der Waals surface area (Å²) in [4.78, 5) is 14.2. The van der Waals surface area contributed by atoms with Crippen LogP contribution in [0.4, 0.5) is 0 Å². The van der Waals surface area contributed by atoms with E-state index in [4.69, 9.17) is 27.0 Å². The number of benzene rings is 7. The Kier molecular flexibility index (Phi) is 9.82. The Bertz CT molecular complexity index is 3550. The van der Waals surface area contributed by atoms with Crippen LogP contribution >= 0.6 is 0 Å². The molecule has 7 heteroatoms. The molecule has 0 aliphatic carbocycles. The van der Waals surface area contributed by atoms with Crippen LogP contribution in [0.3, 0.4) is 0 Å². The Morgan fingerprint density at radius 3 is 1.98 bits per heavy atom. The van der Waals surface area contributed by atoms with E-state index in [1.165, 1.54) is 52.3 Å². The van der Waals surface area contributed by atoms with Crippen LogP contribution in [0.25, 0.3) is 95.0 Å². The van der Waals surface area contributed by atoms with Gasteiger partial charge in [0.05, 0.1) is 22.4 Å². The molecule has 0 saturated heterocycles. The smallest absolute Gasteiger partial charge is 0.227 e. The SMILES string of the molecule is CC(C)c1cc(-c2ccccc2)cc(C(C)C)c1-n1c(-c2[c-]ccc3c2oc2cc4nc(-c5ccccc5)oc4cc23)nc2ccccc21.[2H]C([2H])([2H])c1c[c-]c(-c2ccc(C([2H])([2H])[2H])cn2)cc1.[Ir]. The average Bonchev–Trinajstić information content (AvgIpc) is 4.06. The van der Waals surface area contributed by atoms with Crippen LogP contribution < -0.4 is 0 Å². The molecule has 1 radical (unpaired) electrons. The number of rotatable bonds is 7. The number of para-hydroxylation sites is 2. The quantitative estimate of drug-likeness (QED) is 0.149. The van der Waals surface area contributed by atoms with Gasteiger partial charge < -0.3 is 18.4 Å². The van der Waals surface area contributed by atoms with E-state index < -0.39 is 13.7 Å². The van der Waals surface area contributed by atoms with E-state index in [0.29, 0.717) is 17.1 Å². The van der Waals surface area contributed by atoms with Gasteiger partial charge in [-0.05, 0) is 94.7 Å². The fourth-order valence-corrected chi connectivity index (χ4v) is 8.21. The molecule has 0 spiro atoms. The Labute approximate surface area is 395 Å². The topological polar surface area (TPSA) is 69.9 Å². The molecule has 11 rings (SSSR count). The second kappa shape index (κ2) is 17.7. The van der Waals surface area contributed by atoms with E-state index in [1.807, 2.05) is 54.6 Å². The molecule has 4 heterocycles. The fraction of sp³-hybridized carbons (Fsp3) is 0.140. The second-order valence-electron chi connectivity index (χ2n) is 16.3. The average molecular weight is 1020 g/mol. The van der Waals surface area contributed by atoms with E-state index in [1.54, 1.807) is 12.1 Å². The largest absolute Gasteiger partial charge is 0.500 e. The van der Waals surface area contributed by atoms with E-state index in [9.17, 15) is 0 Å². The first kappa shape index (κ1) is 35.5. The monoisotopic (exact) mass is 1020 g/mol. The normalized spacial score (nSPS) is 13.2. The molecule has 4 aromatic heterocycles. The number of pyridine rings is 1. The minimum atomic E-state index is -2.18. The molecule has 317 valence electrons. The molecule has 6 nitrogen and oxygen atoms in total. The molecular formula is C57H46IrN4O2-2. The number of aryl methyl sites for hydroxylation is 2. The third kappa shape index (κ3) is 7.98. The molecule has 0 bridgehead atoms. The number of oxazole rings is 1. The van der Waals surface area contributed by atoms with Crippen molar-refractivity contribution < 1.29 is 37.2 Å². The van der Waals surface area contributed by atoms with Crippen LogP contribution in [0.2, 0.25) is 0 Å². The summed E-state index contributed by atoms with van der Waals surface area (Å²) >= 11 is 0. The molecule has 0 aliphatic heterocycles. The summed E-state index contributed by atoms with van der Waals surface area (Å²) in [5, 5.41) is 1.95. The number of aromatic nitrogens is 4. The Morgan fingerprint density at radius 1 is 0.609 bits per heavy atom. The number of imidazole rings is 1. The van der Waals surface area contributed by atoms with Crippen molar-refractivity contribution in [2.24, 2.45) is 0 Å². The van der Waals surface area contributed by atoms with Gasteiger partial charge in [-0.2, -0.15) is 0 Å². The zero-order chi connectivity index (χ0) is 48.2. The summed E-state index contributed by atoms with van der Waals surface area (Å²) in [6.07, 6.45) is 1.30. The first-order chi connectivity index (χ1) is 33.1. The van der Waals surface area contributed by atoms with Crippen LogP contribution in [0.15, 0.2) is 167 Å². The van der Waals surface area contributed by atoms with Gasteiger partial charge in [-0.25, -0.2) is 4.98 Å². The van der Waals surface area contributed by atoms with Crippen molar-refractivity contribution >= 4 is 44.1 Å². The molecule has 0 unspecified atom stereocenters. The van der Waals surface area contributed by atoms with Gasteiger partial charge in [0.1, 0.15) is 11.1 Å². The fourth-order valence-electron chi connectivity index (χ4n) is 8.21. The van der Waals surface area contributed by atoms with Gasteiger partial charge in [0, 0.05) is 57.2 Å². The van der Waals surface area contributed by atoms with Crippen molar-refractivity contribution in [3.63, 3.8) is 0 Å². The zero-order valence-corrected chi connectivity index (χ0v) is 38.0. The zero-order valence-electron chi connectivity index (χ0n) is 41.6. The van der Waals surface area contributed by atoms with E-state index >= 15 is 0 Å². The van der Waals surface area contributed by atoms with Crippen LogP contribution in [-0.4, -0.2) is 19.5 Å². The summed E-state index contributed by atoms with van der Waals surface area (Å²) in [6, 6.07) is 55.8. The maximum Gasteiger partial charge on any atom is 0.227 e. The molecule has 0 aliphatic rings. The summed E-state index contributed by atoms with van der Waals surface area (Å²) in [5.74, 6) is 1.92. The molecule has 0 atom stereocenters. The first-order valence-corrected chi connectivity index (χ1v) is 21.1. The van der Waals surface area contributed by atoms with Crippen molar-refractivity contribution in [3.8, 4) is 50.9 Å². The predicted octanol–water partition coefficient (Wildman–Crippen LogP) is 15.3. The van der Waals surface area contributed by atoms with Gasteiger partial charge in [0.15, 0.2) is 5.58 Å². The van der Waals surface area contributed by atoms with E-state index in [-0.39, 0.29) is 43.1 Å². The van der Waals surface area contributed by atoms with Crippen LogP contribution in [0.1, 0.15) is 70.0 Å². The Balaban J connectivity index is 0.000000244. The summed E-state index contributed by atoms with van der Waals surface area (Å²) in [7, 11) is 0. The number of nitrogens with zero attached hydrogens (tertiary/aromatic N) is 4. The summed E-state index contributed by atoms with van der Waals surface area (Å²) in [5.41, 5.74) is 14.4. The van der Waals surface area contributed by atoms with Crippen molar-refractivity contribution in [1.82, 2.24) is 19.5 Å². The first-order valence-electron chi connectivity index (χ1n) is 24.1. The number of fused-ring (bicyclic) bond motifs is 5. The van der Waals surface area contributed by atoms with Gasteiger partial charge in [0.2, 0.25) is 5.89 Å². The Hall–Kier alpha value is -6.92. The van der Waals surface area contributed by atoms with E-state index in [0.717, 1.165) is 61.0 Å². The van der Waals surface area contributed by atoms with Gasteiger partial charge in [-0.1, -0.05) is 118 Å². The van der Waals surface area contributed by atoms with Crippen molar-refractivity contribution in [1.29, 1.82) is 0 Å². The third-order valence-electron chi connectivity index (χ3n) is 11.3. The molecule has 0 N–H and O–H groups in total. The van der Waals surface area contributed by atoms with Crippen LogP contribution in [0, 0.1) is 25.8 Å². The van der Waals surface area contributed by atoms with Crippen molar-refractivity contribution in [2.75, 3.05) is 0 Å². The molecule has 11 aromatic rings. The van der Waals surface area contributed by atoms with Crippen LogP contribution in [0.5, 0.6) is 0 Å². The standard InChI is InChI=1S/C44H34N3O2.C13H12N.Ir/c1-26(2)33-22-30(28-14-7-5-8-15-28)23-34(27(3)4)41(33)47-38-21-12-11-20-36(38)45-43(47)32-19-13-18-31-35-24-40-37(25-39(35)48-42(31)32)46-44(49-40)29-16-9-6-10-17-29;1-10-3-6-12(7-4-10)13-8-5-11(2)9-14-13;/h5-18,20-27H,1-4H3;3-6,8-9H,1-2H3;/q2*-1;/i;1D3,2D3;. The predicted molar refractivity (Wildman–Crippen MR) is 257 cm³/mol. The maximum absolute atomic E-state index is 7.28. The van der Waals surface area contributed by atoms with Crippen LogP contribution in [-0.2, 0) is 20.1 Å². The number of hydrogen-bond acceptors (Lipinski definition) is 5. The minimum absolute atomic E-state index is 0. The third-order valence-corrected chi connectivity index (χ3v) is 11.3. The Morgan fingerprint density at radius 2 is 1.31 bits per heavy atom. The molecule has 64 heavy (non-hydrogen) atoms.